The molecule has 8 nitrogen and oxygen atoms in total. The quantitative estimate of drug-likeness (QED) is 0.646. The van der Waals surface area contributed by atoms with E-state index in [1.54, 1.807) is 10.6 Å². The molecule has 2 heterocycles. The van der Waals surface area contributed by atoms with Crippen molar-refractivity contribution in [2.75, 3.05) is 37.6 Å². The number of hydrogen-bond donors (Lipinski definition) is 3. The molecule has 0 spiro atoms. The fraction of sp³-hybridized carbons (Fsp3) is 0.421. The Morgan fingerprint density at radius 1 is 1.25 bits per heavy atom. The Morgan fingerprint density at radius 3 is 2.50 bits per heavy atom. The van der Waals surface area contributed by atoms with Gasteiger partial charge in [0.15, 0.2) is 5.78 Å². The molecule has 0 amide bonds. The van der Waals surface area contributed by atoms with Gasteiger partial charge in [0.05, 0.1) is 17.7 Å². The molecular formula is C19H21FN4O4. The Morgan fingerprint density at radius 2 is 1.93 bits per heavy atom. The Balaban J connectivity index is 2.06. The minimum absolute atomic E-state index is 0.0331. The maximum atomic E-state index is 14.8. The SMILES string of the molecule is NCC(=O)c1c(C(=O)O)c(=O)c2cc(F)c(N3CCNCC3)cc2n1C1CC1. The predicted molar refractivity (Wildman–Crippen MR) is 102 cm³/mol. The van der Waals surface area contributed by atoms with E-state index in [-0.39, 0.29) is 17.1 Å². The van der Waals surface area contributed by atoms with Gasteiger partial charge in [-0.2, -0.15) is 0 Å². The van der Waals surface area contributed by atoms with E-state index < -0.39 is 35.1 Å². The maximum absolute atomic E-state index is 14.8. The highest BCUT2D eigenvalue weighted by Crippen LogP contribution is 2.40. The lowest BCUT2D eigenvalue weighted by Gasteiger charge is -2.30. The first-order valence-corrected chi connectivity index (χ1v) is 9.28. The van der Waals surface area contributed by atoms with E-state index in [2.05, 4.69) is 5.32 Å². The number of fused-ring (bicyclic) bond motifs is 1. The largest absolute Gasteiger partial charge is 0.477 e. The summed E-state index contributed by atoms with van der Waals surface area (Å²) in [5.41, 5.74) is 4.54. The number of carboxylic acid groups (broad SMARTS) is 1. The summed E-state index contributed by atoms with van der Waals surface area (Å²) >= 11 is 0. The van der Waals surface area contributed by atoms with E-state index in [0.29, 0.717) is 37.4 Å². The molecule has 0 unspecified atom stereocenters. The third-order valence-electron chi connectivity index (χ3n) is 5.31. The van der Waals surface area contributed by atoms with E-state index >= 15 is 0 Å². The second-order valence-corrected chi connectivity index (χ2v) is 7.14. The van der Waals surface area contributed by atoms with Crippen molar-refractivity contribution in [3.8, 4) is 0 Å². The molecule has 9 heteroatoms. The Hall–Kier alpha value is -2.78. The lowest BCUT2D eigenvalue weighted by molar-refractivity contribution is 0.0689. The number of hydrogen-bond acceptors (Lipinski definition) is 6. The number of ketones is 1. The van der Waals surface area contributed by atoms with E-state index in [9.17, 15) is 23.9 Å². The van der Waals surface area contributed by atoms with Crippen LogP contribution in [0.25, 0.3) is 10.9 Å². The predicted octanol–water partition coefficient (Wildman–Crippen LogP) is 0.725. The average molecular weight is 388 g/mol. The molecule has 4 rings (SSSR count). The summed E-state index contributed by atoms with van der Waals surface area (Å²) in [5, 5.41) is 12.8. The fourth-order valence-corrected chi connectivity index (χ4v) is 3.84. The van der Waals surface area contributed by atoms with Crippen LogP contribution in [0.2, 0.25) is 0 Å². The van der Waals surface area contributed by atoms with Gasteiger partial charge in [0.25, 0.3) is 0 Å². The third kappa shape index (κ3) is 2.96. The van der Waals surface area contributed by atoms with Gasteiger partial charge in [-0.3, -0.25) is 9.59 Å². The van der Waals surface area contributed by atoms with Crippen molar-refractivity contribution in [3.05, 3.63) is 39.4 Å². The molecule has 1 saturated carbocycles. The number of pyridine rings is 1. The number of benzene rings is 1. The lowest BCUT2D eigenvalue weighted by Crippen LogP contribution is -2.44. The zero-order valence-electron chi connectivity index (χ0n) is 15.2. The maximum Gasteiger partial charge on any atom is 0.342 e. The van der Waals surface area contributed by atoms with Gasteiger partial charge in [-0.15, -0.1) is 0 Å². The third-order valence-corrected chi connectivity index (χ3v) is 5.31. The molecule has 148 valence electrons. The van der Waals surface area contributed by atoms with E-state index in [0.717, 1.165) is 18.9 Å². The lowest BCUT2D eigenvalue weighted by atomic mass is 10.0. The van der Waals surface area contributed by atoms with Crippen molar-refractivity contribution in [2.45, 2.75) is 18.9 Å². The first-order chi connectivity index (χ1) is 13.4. The number of carboxylic acids is 1. The molecule has 2 aromatic rings. The van der Waals surface area contributed by atoms with Gasteiger partial charge in [-0.25, -0.2) is 9.18 Å². The summed E-state index contributed by atoms with van der Waals surface area (Å²) in [7, 11) is 0. The minimum atomic E-state index is -1.51. The summed E-state index contributed by atoms with van der Waals surface area (Å²) < 4.78 is 16.4. The Bertz CT molecular complexity index is 1040. The number of aromatic nitrogens is 1. The van der Waals surface area contributed by atoms with Crippen LogP contribution in [0.4, 0.5) is 10.1 Å². The summed E-state index contributed by atoms with van der Waals surface area (Å²) in [6.07, 6.45) is 1.50. The highest BCUT2D eigenvalue weighted by molar-refractivity contribution is 6.08. The number of carbonyl (C=O) groups is 2. The van der Waals surface area contributed by atoms with Crippen LogP contribution >= 0.6 is 0 Å². The topological polar surface area (TPSA) is 118 Å². The van der Waals surface area contributed by atoms with Gasteiger partial charge in [-0.05, 0) is 25.0 Å². The molecular weight excluding hydrogens is 367 g/mol. The molecule has 2 aliphatic rings. The van der Waals surface area contributed by atoms with Crippen LogP contribution in [-0.2, 0) is 0 Å². The van der Waals surface area contributed by atoms with Gasteiger partial charge in [-0.1, -0.05) is 0 Å². The van der Waals surface area contributed by atoms with Crippen LogP contribution < -0.4 is 21.4 Å². The van der Waals surface area contributed by atoms with Crippen LogP contribution in [0.3, 0.4) is 0 Å². The number of nitrogens with one attached hydrogen (secondary N) is 1. The Kier molecular flexibility index (Phi) is 4.64. The van der Waals surface area contributed by atoms with Crippen molar-refractivity contribution in [1.82, 2.24) is 9.88 Å². The van der Waals surface area contributed by atoms with Gasteiger partial charge in [0, 0.05) is 37.6 Å². The molecule has 1 aliphatic heterocycles. The molecule has 1 aliphatic carbocycles. The number of carbonyl (C=O) groups excluding carboxylic acids is 1. The Labute approximate surface area is 159 Å². The molecule has 1 saturated heterocycles. The number of Topliss-reactive ketones (excluding diaryl/α,β-unsaturated/α-hetero) is 1. The van der Waals surface area contributed by atoms with E-state index in [1.165, 1.54) is 0 Å². The second kappa shape index (κ2) is 6.99. The van der Waals surface area contributed by atoms with Crippen LogP contribution in [0.15, 0.2) is 16.9 Å². The number of halogens is 1. The van der Waals surface area contributed by atoms with Crippen LogP contribution in [0.1, 0.15) is 39.7 Å². The zero-order chi connectivity index (χ0) is 20.0. The van der Waals surface area contributed by atoms with Crippen molar-refractivity contribution >= 4 is 28.3 Å². The van der Waals surface area contributed by atoms with E-state index in [1.807, 2.05) is 4.90 Å². The van der Waals surface area contributed by atoms with Crippen LogP contribution in [0.5, 0.6) is 0 Å². The summed E-state index contributed by atoms with van der Waals surface area (Å²) in [4.78, 5) is 39.0. The normalized spacial score (nSPS) is 17.1. The highest BCUT2D eigenvalue weighted by atomic mass is 19.1. The molecule has 0 radical (unpaired) electrons. The van der Waals surface area contributed by atoms with E-state index in [4.69, 9.17) is 5.73 Å². The first kappa shape index (κ1) is 18.6. The second-order valence-electron chi connectivity index (χ2n) is 7.14. The number of nitrogens with zero attached hydrogens (tertiary/aromatic N) is 2. The van der Waals surface area contributed by atoms with Crippen molar-refractivity contribution in [1.29, 1.82) is 0 Å². The van der Waals surface area contributed by atoms with Gasteiger partial charge < -0.3 is 25.6 Å². The minimum Gasteiger partial charge on any atom is -0.477 e. The number of aromatic carboxylic acids is 1. The summed E-state index contributed by atoms with van der Waals surface area (Å²) in [5.74, 6) is -2.70. The smallest absolute Gasteiger partial charge is 0.342 e. The number of rotatable bonds is 5. The fourth-order valence-electron chi connectivity index (χ4n) is 3.84. The number of piperazine rings is 1. The number of anilines is 1. The first-order valence-electron chi connectivity index (χ1n) is 9.28. The molecule has 0 bridgehead atoms. The van der Waals surface area contributed by atoms with Crippen LogP contribution in [0, 0.1) is 5.82 Å². The molecule has 1 aromatic heterocycles. The van der Waals surface area contributed by atoms with Crippen molar-refractivity contribution in [2.24, 2.45) is 5.73 Å². The number of nitrogens with two attached hydrogens (primary N) is 1. The molecule has 1 aromatic carbocycles. The summed E-state index contributed by atoms with van der Waals surface area (Å²) in [6, 6.07) is 2.55. The average Bonchev–Trinajstić information content (AvgIpc) is 3.52. The summed E-state index contributed by atoms with van der Waals surface area (Å²) in [6.45, 7) is 2.23. The van der Waals surface area contributed by atoms with Gasteiger partial charge in [0.1, 0.15) is 17.1 Å². The van der Waals surface area contributed by atoms with Gasteiger partial charge >= 0.3 is 5.97 Å². The van der Waals surface area contributed by atoms with Gasteiger partial charge in [0.2, 0.25) is 5.43 Å². The highest BCUT2D eigenvalue weighted by Gasteiger charge is 2.34. The molecule has 0 atom stereocenters. The molecule has 28 heavy (non-hydrogen) atoms. The van der Waals surface area contributed by atoms with Crippen molar-refractivity contribution < 1.29 is 19.1 Å². The molecule has 4 N–H and O–H groups in total. The standard InChI is InChI=1S/C19H21FN4O4/c20-12-7-11-13(8-14(12)23-5-3-22-4-6-23)24(10-1-2-10)17(15(25)9-21)16(18(11)26)19(27)28/h7-8,10,22H,1-6,9,21H2,(H,27,28). The van der Waals surface area contributed by atoms with Crippen molar-refractivity contribution in [3.63, 3.8) is 0 Å². The monoisotopic (exact) mass is 388 g/mol. The van der Waals surface area contributed by atoms with Crippen LogP contribution in [-0.4, -0.2) is 54.1 Å². The zero-order valence-corrected chi connectivity index (χ0v) is 15.2. The molecule has 2 fully saturated rings.